The van der Waals surface area contributed by atoms with Crippen LogP contribution in [0.5, 0.6) is 11.5 Å². The molecule has 132 valence electrons. The van der Waals surface area contributed by atoms with Crippen LogP contribution < -0.4 is 9.47 Å². The van der Waals surface area contributed by atoms with Gasteiger partial charge in [-0.05, 0) is 53.7 Å². The highest BCUT2D eigenvalue weighted by Gasteiger charge is 2.26. The van der Waals surface area contributed by atoms with Crippen LogP contribution in [0.2, 0.25) is 0 Å². The first-order chi connectivity index (χ1) is 10.8. The molecule has 0 fully saturated rings. The van der Waals surface area contributed by atoms with E-state index in [1.54, 1.807) is 41.5 Å². The minimum Gasteiger partial charge on any atom is -0.426 e. The third-order valence-electron chi connectivity index (χ3n) is 2.97. The predicted molar refractivity (Wildman–Crippen MR) is 91.7 cm³/mol. The number of hydrogen-bond donors (Lipinski definition) is 0. The molecule has 0 saturated heterocycles. The molecule has 1 aromatic rings. The van der Waals surface area contributed by atoms with Gasteiger partial charge in [0, 0.05) is 11.6 Å². The molecule has 0 N–H and O–H groups in total. The molecule has 0 radical (unpaired) electrons. The van der Waals surface area contributed by atoms with Crippen LogP contribution >= 0.6 is 11.6 Å². The van der Waals surface area contributed by atoms with Crippen molar-refractivity contribution in [3.8, 4) is 11.5 Å². The molecule has 5 nitrogen and oxygen atoms in total. The molecule has 0 saturated carbocycles. The van der Waals surface area contributed by atoms with Crippen molar-refractivity contribution < 1.29 is 23.9 Å². The van der Waals surface area contributed by atoms with Gasteiger partial charge in [0.05, 0.1) is 16.7 Å². The predicted octanol–water partition coefficient (Wildman–Crippen LogP) is 4.01. The maximum Gasteiger partial charge on any atom is 0.316 e. The summed E-state index contributed by atoms with van der Waals surface area (Å²) in [6, 6.07) is 4.21. The molecule has 0 spiro atoms. The lowest BCUT2D eigenvalue weighted by molar-refractivity contribution is -0.143. The Hall–Kier alpha value is -1.88. The van der Waals surface area contributed by atoms with Gasteiger partial charge in [0.1, 0.15) is 11.5 Å². The molecule has 0 atom stereocenters. The largest absolute Gasteiger partial charge is 0.426 e. The first-order valence-corrected chi connectivity index (χ1v) is 8.07. The summed E-state index contributed by atoms with van der Waals surface area (Å²) in [4.78, 5) is 35.9. The fourth-order valence-corrected chi connectivity index (χ4v) is 1.60. The third kappa shape index (κ3) is 5.64. The number of benzene rings is 1. The van der Waals surface area contributed by atoms with Crippen molar-refractivity contribution in [2.75, 3.05) is 5.88 Å². The molecule has 0 heterocycles. The zero-order valence-electron chi connectivity index (χ0n) is 14.9. The van der Waals surface area contributed by atoms with Gasteiger partial charge in [0.2, 0.25) is 0 Å². The zero-order valence-corrected chi connectivity index (χ0v) is 15.6. The van der Waals surface area contributed by atoms with E-state index in [4.69, 9.17) is 21.1 Å². The molecule has 24 heavy (non-hydrogen) atoms. The molecule has 1 rings (SSSR count). The Morgan fingerprint density at radius 2 is 1.21 bits per heavy atom. The highest BCUT2D eigenvalue weighted by atomic mass is 35.5. The van der Waals surface area contributed by atoms with Crippen LogP contribution in [-0.2, 0) is 9.59 Å². The summed E-state index contributed by atoms with van der Waals surface area (Å²) in [6.45, 7) is 10.3. The lowest BCUT2D eigenvalue weighted by atomic mass is 9.97. The van der Waals surface area contributed by atoms with Crippen LogP contribution in [0, 0.1) is 10.8 Å². The summed E-state index contributed by atoms with van der Waals surface area (Å²) in [5, 5.41) is 0. The molecule has 0 aliphatic rings. The average molecular weight is 355 g/mol. The Morgan fingerprint density at radius 3 is 1.50 bits per heavy atom. The van der Waals surface area contributed by atoms with Crippen LogP contribution in [0.15, 0.2) is 18.2 Å². The topological polar surface area (TPSA) is 69.7 Å². The van der Waals surface area contributed by atoms with Gasteiger partial charge in [-0.1, -0.05) is 0 Å². The number of ether oxygens (including phenoxy) is 2. The molecular formula is C18H23ClO5. The number of esters is 2. The Kier molecular flexibility index (Phi) is 6.17. The van der Waals surface area contributed by atoms with Crippen LogP contribution in [0.25, 0.3) is 0 Å². The number of carbonyl (C=O) groups excluding carboxylic acids is 3. The maximum atomic E-state index is 12.0. The second-order valence-electron chi connectivity index (χ2n) is 7.53. The molecule has 0 aliphatic heterocycles. The molecule has 1 aromatic carbocycles. The Bertz CT molecular complexity index is 604. The summed E-state index contributed by atoms with van der Waals surface area (Å²) in [7, 11) is 0. The van der Waals surface area contributed by atoms with Crippen LogP contribution in [-0.4, -0.2) is 23.6 Å². The van der Waals surface area contributed by atoms with E-state index in [1.807, 2.05) is 0 Å². The van der Waals surface area contributed by atoms with Gasteiger partial charge in [-0.15, -0.1) is 11.6 Å². The fraction of sp³-hybridized carbons (Fsp3) is 0.500. The van der Waals surface area contributed by atoms with Gasteiger partial charge < -0.3 is 9.47 Å². The third-order valence-corrected chi connectivity index (χ3v) is 3.21. The number of halogens is 1. The highest BCUT2D eigenvalue weighted by Crippen LogP contribution is 2.28. The van der Waals surface area contributed by atoms with E-state index in [9.17, 15) is 14.4 Å². The van der Waals surface area contributed by atoms with E-state index in [1.165, 1.54) is 18.2 Å². The standard InChI is InChI=1S/C18H23ClO5/c1-17(2,3)15(21)23-12-7-11(14(20)10-19)8-13(9-12)24-16(22)18(4,5)6/h7-9H,10H2,1-6H3. The van der Waals surface area contributed by atoms with Gasteiger partial charge in [-0.2, -0.15) is 0 Å². The van der Waals surface area contributed by atoms with E-state index in [0.717, 1.165) is 0 Å². The molecule has 6 heteroatoms. The quantitative estimate of drug-likeness (QED) is 0.353. The molecule has 0 aromatic heterocycles. The number of ketones is 1. The summed E-state index contributed by atoms with van der Waals surface area (Å²) in [6.07, 6.45) is 0. The number of hydrogen-bond acceptors (Lipinski definition) is 5. The van der Waals surface area contributed by atoms with Crippen molar-refractivity contribution in [1.29, 1.82) is 0 Å². The smallest absolute Gasteiger partial charge is 0.316 e. The molecule has 0 bridgehead atoms. The Morgan fingerprint density at radius 1 is 0.833 bits per heavy atom. The molecule has 0 aliphatic carbocycles. The van der Waals surface area contributed by atoms with Crippen molar-refractivity contribution in [3.63, 3.8) is 0 Å². The number of alkyl halides is 1. The van der Waals surface area contributed by atoms with E-state index in [2.05, 4.69) is 0 Å². The summed E-state index contributed by atoms with van der Waals surface area (Å²) < 4.78 is 10.6. The Balaban J connectivity index is 3.20. The van der Waals surface area contributed by atoms with Crippen molar-refractivity contribution in [3.05, 3.63) is 23.8 Å². The van der Waals surface area contributed by atoms with Gasteiger partial charge in [-0.25, -0.2) is 0 Å². The number of rotatable bonds is 4. The summed E-state index contributed by atoms with van der Waals surface area (Å²) in [5.74, 6) is -1.27. The lowest BCUT2D eigenvalue weighted by Gasteiger charge is -2.19. The highest BCUT2D eigenvalue weighted by molar-refractivity contribution is 6.30. The second-order valence-corrected chi connectivity index (χ2v) is 7.80. The van der Waals surface area contributed by atoms with E-state index < -0.39 is 22.8 Å². The lowest BCUT2D eigenvalue weighted by Crippen LogP contribution is -2.26. The van der Waals surface area contributed by atoms with Crippen molar-refractivity contribution in [2.24, 2.45) is 10.8 Å². The monoisotopic (exact) mass is 354 g/mol. The second kappa shape index (κ2) is 7.34. The molecule has 0 unspecified atom stereocenters. The normalized spacial score (nSPS) is 11.8. The van der Waals surface area contributed by atoms with Gasteiger partial charge in [0.25, 0.3) is 0 Å². The minimum atomic E-state index is -0.714. The summed E-state index contributed by atoms with van der Waals surface area (Å²) >= 11 is 5.58. The first-order valence-electron chi connectivity index (χ1n) is 7.53. The summed E-state index contributed by atoms with van der Waals surface area (Å²) in [5.41, 5.74) is -1.22. The van der Waals surface area contributed by atoms with Crippen LogP contribution in [0.1, 0.15) is 51.9 Å². The Labute approximate surface area is 147 Å². The van der Waals surface area contributed by atoms with Gasteiger partial charge in [0.15, 0.2) is 5.78 Å². The fourth-order valence-electron chi connectivity index (χ4n) is 1.45. The number of carbonyl (C=O) groups is 3. The van der Waals surface area contributed by atoms with Crippen LogP contribution in [0.3, 0.4) is 0 Å². The van der Waals surface area contributed by atoms with Crippen molar-refractivity contribution in [1.82, 2.24) is 0 Å². The van der Waals surface area contributed by atoms with E-state index in [-0.39, 0.29) is 28.7 Å². The number of Topliss-reactive ketones (excluding diaryl/α,β-unsaturated/α-hetero) is 1. The zero-order chi connectivity index (χ0) is 18.7. The first kappa shape index (κ1) is 20.2. The van der Waals surface area contributed by atoms with E-state index >= 15 is 0 Å². The molecule has 0 amide bonds. The van der Waals surface area contributed by atoms with Crippen LogP contribution in [0.4, 0.5) is 0 Å². The SMILES string of the molecule is CC(C)(C)C(=O)Oc1cc(OC(=O)C(C)(C)C)cc(C(=O)CCl)c1. The minimum absolute atomic E-state index is 0.127. The molecular weight excluding hydrogens is 332 g/mol. The van der Waals surface area contributed by atoms with Gasteiger partial charge >= 0.3 is 11.9 Å². The van der Waals surface area contributed by atoms with Crippen molar-refractivity contribution >= 4 is 29.3 Å². The maximum absolute atomic E-state index is 12.0. The van der Waals surface area contributed by atoms with Crippen molar-refractivity contribution in [2.45, 2.75) is 41.5 Å². The van der Waals surface area contributed by atoms with E-state index in [0.29, 0.717) is 0 Å². The van der Waals surface area contributed by atoms with Gasteiger partial charge in [-0.3, -0.25) is 14.4 Å². The average Bonchev–Trinajstić information content (AvgIpc) is 2.44.